The standard InChI is InChI=1S/C23H28N2O2/c26-21-8-2-1-7-20(21)18-9-11-19(12-10-18)22(27)24-17-23(13-3-4-14-23)25-15-5-6-16-25/h1-2,7-12,26H,3-6,13-17H2,(H,24,27). The molecule has 1 aliphatic heterocycles. The lowest BCUT2D eigenvalue weighted by molar-refractivity contribution is 0.0860. The highest BCUT2D eigenvalue weighted by Gasteiger charge is 2.40. The second kappa shape index (κ2) is 7.73. The molecule has 2 N–H and O–H groups in total. The first kappa shape index (κ1) is 18.1. The molecule has 0 atom stereocenters. The minimum absolute atomic E-state index is 0.00990. The summed E-state index contributed by atoms with van der Waals surface area (Å²) in [5.74, 6) is 0.243. The topological polar surface area (TPSA) is 52.6 Å². The van der Waals surface area contributed by atoms with Crippen molar-refractivity contribution >= 4 is 5.91 Å². The maximum absolute atomic E-state index is 12.7. The fourth-order valence-corrected chi connectivity index (χ4v) is 4.70. The fraction of sp³-hybridized carbons (Fsp3) is 0.435. The van der Waals surface area contributed by atoms with Gasteiger partial charge in [0.15, 0.2) is 0 Å². The van der Waals surface area contributed by atoms with Crippen LogP contribution in [0.1, 0.15) is 48.9 Å². The number of hydrogen-bond donors (Lipinski definition) is 2. The van der Waals surface area contributed by atoms with Gasteiger partial charge in [0.05, 0.1) is 0 Å². The van der Waals surface area contributed by atoms with Gasteiger partial charge >= 0.3 is 0 Å². The van der Waals surface area contributed by atoms with E-state index in [1.807, 2.05) is 36.4 Å². The van der Waals surface area contributed by atoms with E-state index in [4.69, 9.17) is 0 Å². The summed E-state index contributed by atoms with van der Waals surface area (Å²) in [7, 11) is 0. The van der Waals surface area contributed by atoms with Crippen molar-refractivity contribution in [2.24, 2.45) is 0 Å². The molecule has 27 heavy (non-hydrogen) atoms. The maximum atomic E-state index is 12.7. The fourth-order valence-electron chi connectivity index (χ4n) is 4.70. The molecule has 1 amide bonds. The van der Waals surface area contributed by atoms with Crippen molar-refractivity contribution in [1.29, 1.82) is 0 Å². The third-order valence-electron chi connectivity index (χ3n) is 6.25. The molecule has 0 spiro atoms. The van der Waals surface area contributed by atoms with Gasteiger partial charge in [-0.2, -0.15) is 0 Å². The molecular formula is C23H28N2O2. The highest BCUT2D eigenvalue weighted by molar-refractivity contribution is 5.94. The van der Waals surface area contributed by atoms with Crippen LogP contribution in [0.3, 0.4) is 0 Å². The molecule has 1 heterocycles. The molecule has 1 saturated carbocycles. The van der Waals surface area contributed by atoms with Gasteiger partial charge in [-0.1, -0.05) is 43.2 Å². The predicted molar refractivity (Wildman–Crippen MR) is 108 cm³/mol. The molecule has 1 aliphatic carbocycles. The van der Waals surface area contributed by atoms with E-state index in [0.717, 1.165) is 17.7 Å². The van der Waals surface area contributed by atoms with Crippen LogP contribution in [0.5, 0.6) is 5.75 Å². The minimum Gasteiger partial charge on any atom is -0.507 e. The van der Waals surface area contributed by atoms with Gasteiger partial charge in [0, 0.05) is 23.2 Å². The van der Waals surface area contributed by atoms with Crippen molar-refractivity contribution in [3.63, 3.8) is 0 Å². The summed E-state index contributed by atoms with van der Waals surface area (Å²) >= 11 is 0. The third kappa shape index (κ3) is 3.72. The predicted octanol–water partition coefficient (Wildman–Crippen LogP) is 4.20. The first-order chi connectivity index (χ1) is 13.2. The van der Waals surface area contributed by atoms with Gasteiger partial charge in [0.2, 0.25) is 0 Å². The van der Waals surface area contributed by atoms with E-state index in [-0.39, 0.29) is 17.2 Å². The summed E-state index contributed by atoms with van der Waals surface area (Å²) in [4.78, 5) is 15.3. The molecule has 1 saturated heterocycles. The first-order valence-electron chi connectivity index (χ1n) is 10.1. The van der Waals surface area contributed by atoms with Gasteiger partial charge in [0.25, 0.3) is 5.91 Å². The maximum Gasteiger partial charge on any atom is 0.251 e. The Morgan fingerprint density at radius 2 is 1.63 bits per heavy atom. The SMILES string of the molecule is O=C(NCC1(N2CCCC2)CCCC1)c1ccc(-c2ccccc2O)cc1. The normalized spacial score (nSPS) is 19.3. The Morgan fingerprint density at radius 3 is 2.30 bits per heavy atom. The second-order valence-electron chi connectivity index (χ2n) is 7.90. The molecule has 4 heteroatoms. The minimum atomic E-state index is -0.00990. The highest BCUT2D eigenvalue weighted by atomic mass is 16.3. The molecule has 2 aromatic rings. The van der Waals surface area contributed by atoms with E-state index < -0.39 is 0 Å². The summed E-state index contributed by atoms with van der Waals surface area (Å²) in [5, 5.41) is 13.2. The third-order valence-corrected chi connectivity index (χ3v) is 6.25. The molecule has 2 aliphatic rings. The van der Waals surface area contributed by atoms with Gasteiger partial charge in [-0.25, -0.2) is 0 Å². The number of rotatable bonds is 5. The van der Waals surface area contributed by atoms with Gasteiger partial charge in [0.1, 0.15) is 5.75 Å². The molecule has 4 rings (SSSR count). The Morgan fingerprint density at radius 1 is 0.963 bits per heavy atom. The van der Waals surface area contributed by atoms with Crippen LogP contribution in [0, 0.1) is 0 Å². The Kier molecular flexibility index (Phi) is 5.17. The van der Waals surface area contributed by atoms with Crippen molar-refractivity contribution < 1.29 is 9.90 Å². The van der Waals surface area contributed by atoms with E-state index in [1.54, 1.807) is 12.1 Å². The molecule has 2 fully saturated rings. The number of benzene rings is 2. The summed E-state index contributed by atoms with van der Waals surface area (Å²) < 4.78 is 0. The van der Waals surface area contributed by atoms with Gasteiger partial charge < -0.3 is 10.4 Å². The number of nitrogens with one attached hydrogen (secondary N) is 1. The summed E-state index contributed by atoms with van der Waals surface area (Å²) in [5.41, 5.74) is 2.53. The Labute approximate surface area is 161 Å². The number of carbonyl (C=O) groups excluding carboxylic acids is 1. The molecule has 2 aromatic carbocycles. The van der Waals surface area contributed by atoms with E-state index in [2.05, 4.69) is 10.2 Å². The molecule has 0 aromatic heterocycles. The van der Waals surface area contributed by atoms with Crippen molar-refractivity contribution in [2.75, 3.05) is 19.6 Å². The summed E-state index contributed by atoms with van der Waals surface area (Å²) in [6.07, 6.45) is 7.48. The van der Waals surface area contributed by atoms with Gasteiger partial charge in [-0.3, -0.25) is 9.69 Å². The first-order valence-corrected chi connectivity index (χ1v) is 10.1. The second-order valence-corrected chi connectivity index (χ2v) is 7.90. The monoisotopic (exact) mass is 364 g/mol. The quantitative estimate of drug-likeness (QED) is 0.836. The van der Waals surface area contributed by atoms with E-state index in [0.29, 0.717) is 5.56 Å². The van der Waals surface area contributed by atoms with Crippen LogP contribution in [-0.4, -0.2) is 41.1 Å². The van der Waals surface area contributed by atoms with Gasteiger partial charge in [-0.05, 0) is 62.5 Å². The van der Waals surface area contributed by atoms with Crippen molar-refractivity contribution in [2.45, 2.75) is 44.1 Å². The molecule has 0 radical (unpaired) electrons. The lowest BCUT2D eigenvalue weighted by Crippen LogP contribution is -2.53. The largest absolute Gasteiger partial charge is 0.507 e. The summed E-state index contributed by atoms with van der Waals surface area (Å²) in [6.45, 7) is 3.09. The zero-order valence-corrected chi connectivity index (χ0v) is 15.8. The number of likely N-dealkylation sites (tertiary alicyclic amines) is 1. The van der Waals surface area contributed by atoms with E-state index in [9.17, 15) is 9.90 Å². The number of phenolic OH excluding ortho intramolecular Hbond substituents is 1. The van der Waals surface area contributed by atoms with Crippen molar-refractivity contribution in [3.8, 4) is 16.9 Å². The average molecular weight is 364 g/mol. The number of para-hydroxylation sites is 1. The average Bonchev–Trinajstić information content (AvgIpc) is 3.39. The molecule has 0 bridgehead atoms. The molecular weight excluding hydrogens is 336 g/mol. The van der Waals surface area contributed by atoms with E-state index in [1.165, 1.54) is 51.6 Å². The van der Waals surface area contributed by atoms with E-state index >= 15 is 0 Å². The Bertz CT molecular complexity index is 788. The van der Waals surface area contributed by atoms with Crippen LogP contribution < -0.4 is 5.32 Å². The number of hydrogen-bond acceptors (Lipinski definition) is 3. The Hall–Kier alpha value is -2.33. The lowest BCUT2D eigenvalue weighted by atomic mass is 9.95. The number of aromatic hydroxyl groups is 1. The highest BCUT2D eigenvalue weighted by Crippen LogP contribution is 2.37. The molecule has 0 unspecified atom stereocenters. The van der Waals surface area contributed by atoms with Crippen molar-refractivity contribution in [1.82, 2.24) is 10.2 Å². The number of carbonyl (C=O) groups is 1. The zero-order chi connectivity index (χ0) is 18.7. The van der Waals surface area contributed by atoms with Crippen LogP contribution in [-0.2, 0) is 0 Å². The summed E-state index contributed by atoms with van der Waals surface area (Å²) in [6, 6.07) is 14.7. The zero-order valence-electron chi connectivity index (χ0n) is 15.8. The van der Waals surface area contributed by atoms with Crippen LogP contribution in [0.2, 0.25) is 0 Å². The smallest absolute Gasteiger partial charge is 0.251 e. The van der Waals surface area contributed by atoms with Crippen LogP contribution >= 0.6 is 0 Å². The van der Waals surface area contributed by atoms with Crippen molar-refractivity contribution in [3.05, 3.63) is 54.1 Å². The Balaban J connectivity index is 1.43. The number of amides is 1. The number of phenols is 1. The lowest BCUT2D eigenvalue weighted by Gasteiger charge is -2.39. The molecule has 142 valence electrons. The van der Waals surface area contributed by atoms with Crippen LogP contribution in [0.4, 0.5) is 0 Å². The number of nitrogens with zero attached hydrogens (tertiary/aromatic N) is 1. The van der Waals surface area contributed by atoms with Gasteiger partial charge in [-0.15, -0.1) is 0 Å². The van der Waals surface area contributed by atoms with Crippen LogP contribution in [0.25, 0.3) is 11.1 Å². The van der Waals surface area contributed by atoms with Crippen LogP contribution in [0.15, 0.2) is 48.5 Å². The molecule has 4 nitrogen and oxygen atoms in total.